The van der Waals surface area contributed by atoms with Crippen LogP contribution in [0.25, 0.3) is 11.3 Å². The first kappa shape index (κ1) is 15.1. The van der Waals surface area contributed by atoms with Crippen LogP contribution in [0.4, 0.5) is 4.39 Å². The predicted octanol–water partition coefficient (Wildman–Crippen LogP) is 3.93. The number of piperidine rings is 1. The number of aromatic amines is 1. The summed E-state index contributed by atoms with van der Waals surface area (Å²) < 4.78 is 13.0. The minimum atomic E-state index is -0.282. The normalized spacial score (nSPS) is 17.8. The third kappa shape index (κ3) is 2.86. The topological polar surface area (TPSA) is 49.0 Å². The summed E-state index contributed by atoms with van der Waals surface area (Å²) in [6.45, 7) is 1.56. The largest absolute Gasteiger partial charge is 0.337 e. The number of likely N-dealkylation sites (tertiary alicyclic amines) is 1. The number of hydrogen-bond donors (Lipinski definition) is 1. The van der Waals surface area contributed by atoms with E-state index in [2.05, 4.69) is 10.2 Å². The second kappa shape index (κ2) is 6.23. The SMILES string of the molecule is O=C(c1cc(-c2ccc(F)cc2)n[nH]1)N1CCC(=C2CCC2)CC1. The van der Waals surface area contributed by atoms with Crippen molar-refractivity contribution in [1.29, 1.82) is 0 Å². The molecule has 1 aliphatic carbocycles. The van der Waals surface area contributed by atoms with Gasteiger partial charge in [0.1, 0.15) is 11.5 Å². The van der Waals surface area contributed by atoms with Crippen LogP contribution in [0, 0.1) is 5.82 Å². The first-order valence-corrected chi connectivity index (χ1v) is 8.51. The van der Waals surface area contributed by atoms with Gasteiger partial charge in [0.05, 0.1) is 5.69 Å². The monoisotopic (exact) mass is 325 g/mol. The first-order valence-electron chi connectivity index (χ1n) is 8.51. The molecule has 2 aliphatic rings. The molecule has 2 heterocycles. The molecule has 1 aliphatic heterocycles. The molecule has 4 rings (SSSR count). The number of carbonyl (C=O) groups is 1. The Morgan fingerprint density at radius 1 is 1.04 bits per heavy atom. The molecule has 0 radical (unpaired) electrons. The number of halogens is 1. The molecule has 1 N–H and O–H groups in total. The molecule has 124 valence electrons. The maximum atomic E-state index is 13.0. The summed E-state index contributed by atoms with van der Waals surface area (Å²) in [5.74, 6) is -0.288. The van der Waals surface area contributed by atoms with Gasteiger partial charge in [-0.25, -0.2) is 4.39 Å². The average molecular weight is 325 g/mol. The molecule has 0 unspecified atom stereocenters. The van der Waals surface area contributed by atoms with Crippen LogP contribution in [-0.4, -0.2) is 34.1 Å². The fourth-order valence-corrected chi connectivity index (χ4v) is 3.41. The average Bonchev–Trinajstić information content (AvgIpc) is 3.04. The summed E-state index contributed by atoms with van der Waals surface area (Å²) in [7, 11) is 0. The molecule has 24 heavy (non-hydrogen) atoms. The summed E-state index contributed by atoms with van der Waals surface area (Å²) in [6, 6.07) is 7.86. The van der Waals surface area contributed by atoms with Crippen molar-refractivity contribution >= 4 is 5.91 Å². The number of rotatable bonds is 2. The Morgan fingerprint density at radius 2 is 1.71 bits per heavy atom. The summed E-state index contributed by atoms with van der Waals surface area (Å²) in [4.78, 5) is 14.5. The fourth-order valence-electron chi connectivity index (χ4n) is 3.41. The minimum absolute atomic E-state index is 0.00600. The highest BCUT2D eigenvalue weighted by Crippen LogP contribution is 2.33. The zero-order valence-corrected chi connectivity index (χ0v) is 13.5. The Labute approximate surface area is 140 Å². The second-order valence-corrected chi connectivity index (χ2v) is 6.53. The molecule has 4 nitrogen and oxygen atoms in total. The Hall–Kier alpha value is -2.43. The molecule has 0 bridgehead atoms. The molecule has 1 aromatic carbocycles. The zero-order chi connectivity index (χ0) is 16.5. The number of benzene rings is 1. The Morgan fingerprint density at radius 3 is 2.33 bits per heavy atom. The van der Waals surface area contributed by atoms with Gasteiger partial charge in [-0.3, -0.25) is 9.89 Å². The van der Waals surface area contributed by atoms with Gasteiger partial charge in [0.15, 0.2) is 0 Å². The molecule has 1 saturated carbocycles. The van der Waals surface area contributed by atoms with Crippen molar-refractivity contribution in [1.82, 2.24) is 15.1 Å². The fraction of sp³-hybridized carbons (Fsp3) is 0.368. The quantitative estimate of drug-likeness (QED) is 0.851. The van der Waals surface area contributed by atoms with Crippen molar-refractivity contribution in [2.45, 2.75) is 32.1 Å². The van der Waals surface area contributed by atoms with Crippen LogP contribution >= 0.6 is 0 Å². The van der Waals surface area contributed by atoms with Gasteiger partial charge in [0.2, 0.25) is 0 Å². The van der Waals surface area contributed by atoms with E-state index in [-0.39, 0.29) is 11.7 Å². The van der Waals surface area contributed by atoms with E-state index in [9.17, 15) is 9.18 Å². The Balaban J connectivity index is 1.45. The maximum Gasteiger partial charge on any atom is 0.271 e. The number of nitrogens with one attached hydrogen (secondary N) is 1. The number of carbonyl (C=O) groups excluding carboxylic acids is 1. The van der Waals surface area contributed by atoms with Gasteiger partial charge < -0.3 is 4.90 Å². The summed E-state index contributed by atoms with van der Waals surface area (Å²) in [6.07, 6.45) is 5.83. The van der Waals surface area contributed by atoms with Crippen molar-refractivity contribution in [3.8, 4) is 11.3 Å². The highest BCUT2D eigenvalue weighted by atomic mass is 19.1. The van der Waals surface area contributed by atoms with Crippen LogP contribution in [0.2, 0.25) is 0 Å². The van der Waals surface area contributed by atoms with E-state index in [1.165, 1.54) is 31.4 Å². The van der Waals surface area contributed by atoms with Gasteiger partial charge in [-0.1, -0.05) is 11.1 Å². The lowest BCUT2D eigenvalue weighted by molar-refractivity contribution is 0.0736. The third-order valence-electron chi connectivity index (χ3n) is 5.06. The second-order valence-electron chi connectivity index (χ2n) is 6.53. The number of H-pyrrole nitrogens is 1. The molecule has 5 heteroatoms. The lowest BCUT2D eigenvalue weighted by atomic mass is 9.84. The van der Waals surface area contributed by atoms with Crippen molar-refractivity contribution < 1.29 is 9.18 Å². The highest BCUT2D eigenvalue weighted by Gasteiger charge is 2.24. The van der Waals surface area contributed by atoms with Crippen LogP contribution < -0.4 is 0 Å². The van der Waals surface area contributed by atoms with Gasteiger partial charge in [-0.15, -0.1) is 0 Å². The number of aromatic nitrogens is 2. The predicted molar refractivity (Wildman–Crippen MR) is 90.0 cm³/mol. The highest BCUT2D eigenvalue weighted by molar-refractivity contribution is 5.93. The van der Waals surface area contributed by atoms with E-state index in [4.69, 9.17) is 0 Å². The van der Waals surface area contributed by atoms with E-state index in [0.717, 1.165) is 31.5 Å². The van der Waals surface area contributed by atoms with Crippen LogP contribution in [0.1, 0.15) is 42.6 Å². The lowest BCUT2D eigenvalue weighted by Crippen LogP contribution is -2.37. The zero-order valence-electron chi connectivity index (χ0n) is 13.5. The molecule has 1 saturated heterocycles. The van der Waals surface area contributed by atoms with Gasteiger partial charge in [-0.2, -0.15) is 5.10 Å². The van der Waals surface area contributed by atoms with Crippen molar-refractivity contribution in [2.24, 2.45) is 0 Å². The Kier molecular flexibility index (Phi) is 3.92. The van der Waals surface area contributed by atoms with E-state index >= 15 is 0 Å². The lowest BCUT2D eigenvalue weighted by Gasteiger charge is -2.31. The molecule has 0 atom stereocenters. The Bertz CT molecular complexity index is 775. The third-order valence-corrected chi connectivity index (χ3v) is 5.06. The van der Waals surface area contributed by atoms with Gasteiger partial charge in [0.25, 0.3) is 5.91 Å². The van der Waals surface area contributed by atoms with Crippen LogP contribution in [-0.2, 0) is 0 Å². The molecular weight excluding hydrogens is 305 g/mol. The standard InChI is InChI=1S/C19H20FN3O/c20-16-6-4-15(5-7-16)17-12-18(22-21-17)19(24)23-10-8-14(9-11-23)13-2-1-3-13/h4-7,12H,1-3,8-11H2,(H,21,22). The van der Waals surface area contributed by atoms with Crippen LogP contribution in [0.3, 0.4) is 0 Å². The number of nitrogens with zero attached hydrogens (tertiary/aromatic N) is 2. The molecule has 0 spiro atoms. The summed E-state index contributed by atoms with van der Waals surface area (Å²) in [5.41, 5.74) is 5.15. The van der Waals surface area contributed by atoms with Gasteiger partial charge in [0, 0.05) is 18.7 Å². The van der Waals surface area contributed by atoms with E-state index in [1.54, 1.807) is 29.3 Å². The number of allylic oxidation sites excluding steroid dienone is 1. The number of hydrogen-bond acceptors (Lipinski definition) is 2. The van der Waals surface area contributed by atoms with Crippen LogP contribution in [0.5, 0.6) is 0 Å². The van der Waals surface area contributed by atoms with E-state index in [0.29, 0.717) is 11.4 Å². The smallest absolute Gasteiger partial charge is 0.271 e. The summed E-state index contributed by atoms with van der Waals surface area (Å²) >= 11 is 0. The maximum absolute atomic E-state index is 13.0. The summed E-state index contributed by atoms with van der Waals surface area (Å²) in [5, 5.41) is 7.02. The van der Waals surface area contributed by atoms with Crippen molar-refractivity contribution in [2.75, 3.05) is 13.1 Å². The molecular formula is C19H20FN3O. The van der Waals surface area contributed by atoms with Crippen molar-refractivity contribution in [3.63, 3.8) is 0 Å². The van der Waals surface area contributed by atoms with Crippen LogP contribution in [0.15, 0.2) is 41.5 Å². The van der Waals surface area contributed by atoms with Gasteiger partial charge >= 0.3 is 0 Å². The molecule has 2 aromatic rings. The minimum Gasteiger partial charge on any atom is -0.337 e. The molecule has 1 aromatic heterocycles. The van der Waals surface area contributed by atoms with Crippen molar-refractivity contribution in [3.05, 3.63) is 53.0 Å². The molecule has 1 amide bonds. The molecule has 2 fully saturated rings. The first-order chi connectivity index (χ1) is 11.7. The number of amides is 1. The van der Waals surface area contributed by atoms with E-state index < -0.39 is 0 Å². The van der Waals surface area contributed by atoms with E-state index in [1.807, 2.05) is 4.90 Å². The van der Waals surface area contributed by atoms with Gasteiger partial charge in [-0.05, 0) is 62.4 Å².